The molecule has 6 heteroatoms. The van der Waals surface area contributed by atoms with Gasteiger partial charge in [0.05, 0.1) is 23.8 Å². The van der Waals surface area contributed by atoms with E-state index >= 15 is 0 Å². The number of rotatable bonds is 5. The van der Waals surface area contributed by atoms with E-state index in [1.54, 1.807) is 12.1 Å². The summed E-state index contributed by atoms with van der Waals surface area (Å²) in [5, 5.41) is 40.5. The summed E-state index contributed by atoms with van der Waals surface area (Å²) < 4.78 is 11.5. The zero-order chi connectivity index (χ0) is 20.6. The Hall–Kier alpha value is -2.43. The van der Waals surface area contributed by atoms with Crippen LogP contribution in [0.4, 0.5) is 0 Å². The lowest BCUT2D eigenvalue weighted by molar-refractivity contribution is -0.236. The van der Waals surface area contributed by atoms with Crippen LogP contribution in [0.5, 0.6) is 5.75 Å². The number of ether oxygens (including phenoxy) is 2. The van der Waals surface area contributed by atoms with Crippen LogP contribution in [0.3, 0.4) is 0 Å². The first-order chi connectivity index (χ1) is 14.0. The standard InChI is InChI=1S/C23H25NO5/c1-2-28-18-7-3-14(4-8-18)11-17-12-15(5-6-16(17)13-24)21-19(25)20(26)22(27)23(29-21)9-10-23/h3-8,12,19-22,25-27H,2,9-11H2,1H3/t19-,20-,21-,22-/m0/s1. The van der Waals surface area contributed by atoms with Crippen LogP contribution >= 0.6 is 0 Å². The number of nitriles is 1. The van der Waals surface area contributed by atoms with E-state index in [9.17, 15) is 20.6 Å². The first-order valence-corrected chi connectivity index (χ1v) is 9.94. The molecular weight excluding hydrogens is 370 g/mol. The summed E-state index contributed by atoms with van der Waals surface area (Å²) in [5.74, 6) is 0.798. The molecule has 0 amide bonds. The lowest BCUT2D eigenvalue weighted by Crippen LogP contribution is -2.55. The third-order valence-corrected chi connectivity index (χ3v) is 5.83. The molecule has 1 spiro atoms. The predicted molar refractivity (Wildman–Crippen MR) is 105 cm³/mol. The maximum absolute atomic E-state index is 10.5. The summed E-state index contributed by atoms with van der Waals surface area (Å²) in [5.41, 5.74) is 2.31. The molecule has 3 N–H and O–H groups in total. The molecule has 2 aromatic rings. The van der Waals surface area contributed by atoms with Crippen LogP contribution in [0.15, 0.2) is 42.5 Å². The molecule has 1 aliphatic carbocycles. The Morgan fingerprint density at radius 1 is 1.10 bits per heavy atom. The maximum Gasteiger partial charge on any atom is 0.119 e. The van der Waals surface area contributed by atoms with Crippen molar-refractivity contribution in [2.45, 2.75) is 56.2 Å². The van der Waals surface area contributed by atoms with Crippen molar-refractivity contribution < 1.29 is 24.8 Å². The van der Waals surface area contributed by atoms with E-state index in [1.807, 2.05) is 37.3 Å². The summed E-state index contributed by atoms with van der Waals surface area (Å²) in [6, 6.07) is 15.3. The van der Waals surface area contributed by atoms with Gasteiger partial charge in [-0.15, -0.1) is 0 Å². The molecule has 0 radical (unpaired) electrons. The SMILES string of the molecule is CCOc1ccc(Cc2cc([C@@H]3OC4(CC4)[C@@H](O)[C@@H](O)[C@@H]3O)ccc2C#N)cc1. The van der Waals surface area contributed by atoms with E-state index in [-0.39, 0.29) is 0 Å². The van der Waals surface area contributed by atoms with Gasteiger partial charge in [-0.3, -0.25) is 0 Å². The first-order valence-electron chi connectivity index (χ1n) is 9.94. The van der Waals surface area contributed by atoms with Crippen LogP contribution in [0.25, 0.3) is 0 Å². The van der Waals surface area contributed by atoms with Crippen molar-refractivity contribution in [3.8, 4) is 11.8 Å². The van der Waals surface area contributed by atoms with E-state index in [1.165, 1.54) is 0 Å². The van der Waals surface area contributed by atoms with Gasteiger partial charge in [-0.2, -0.15) is 5.26 Å². The van der Waals surface area contributed by atoms with Gasteiger partial charge in [0, 0.05) is 0 Å². The summed E-state index contributed by atoms with van der Waals surface area (Å²) in [7, 11) is 0. The minimum Gasteiger partial charge on any atom is -0.494 e. The van der Waals surface area contributed by atoms with Crippen LogP contribution in [0.1, 0.15) is 48.1 Å². The number of hydrogen-bond donors (Lipinski definition) is 3. The summed E-state index contributed by atoms with van der Waals surface area (Å²) in [6.07, 6.45) is -2.47. The Kier molecular flexibility index (Phi) is 5.32. The second-order valence-electron chi connectivity index (χ2n) is 7.81. The molecule has 6 nitrogen and oxygen atoms in total. The van der Waals surface area contributed by atoms with Gasteiger partial charge >= 0.3 is 0 Å². The summed E-state index contributed by atoms with van der Waals surface area (Å²) in [4.78, 5) is 0. The van der Waals surface area contributed by atoms with E-state index in [4.69, 9.17) is 9.47 Å². The lowest BCUT2D eigenvalue weighted by Gasteiger charge is -2.41. The molecule has 0 aromatic heterocycles. The van der Waals surface area contributed by atoms with Crippen LogP contribution in [0, 0.1) is 11.3 Å². The summed E-state index contributed by atoms with van der Waals surface area (Å²) >= 11 is 0. The number of aliphatic hydroxyl groups is 3. The highest BCUT2D eigenvalue weighted by Crippen LogP contribution is 2.51. The highest BCUT2D eigenvalue weighted by molar-refractivity contribution is 5.44. The van der Waals surface area contributed by atoms with Gasteiger partial charge < -0.3 is 24.8 Å². The van der Waals surface area contributed by atoms with E-state index in [0.717, 1.165) is 16.9 Å². The molecule has 152 valence electrons. The second kappa shape index (κ2) is 7.77. The Bertz CT molecular complexity index is 916. The van der Waals surface area contributed by atoms with Crippen molar-refractivity contribution >= 4 is 0 Å². The predicted octanol–water partition coefficient (Wildman–Crippen LogP) is 2.23. The number of benzene rings is 2. The molecule has 2 aromatic carbocycles. The van der Waals surface area contributed by atoms with Gasteiger partial charge in [-0.05, 0) is 61.1 Å². The average molecular weight is 395 g/mol. The molecule has 0 unspecified atom stereocenters. The molecule has 4 atom stereocenters. The van der Waals surface area contributed by atoms with E-state index < -0.39 is 30.0 Å². The molecule has 1 heterocycles. The number of aliphatic hydroxyl groups excluding tert-OH is 3. The minimum absolute atomic E-state index is 0.544. The van der Waals surface area contributed by atoms with Crippen LogP contribution in [-0.4, -0.2) is 45.8 Å². The second-order valence-corrected chi connectivity index (χ2v) is 7.81. The quantitative estimate of drug-likeness (QED) is 0.717. The van der Waals surface area contributed by atoms with Crippen LogP contribution in [0.2, 0.25) is 0 Å². The van der Waals surface area contributed by atoms with Gasteiger partial charge in [0.15, 0.2) is 0 Å². The maximum atomic E-state index is 10.5. The fourth-order valence-corrected chi connectivity index (χ4v) is 4.01. The number of nitrogens with zero attached hydrogens (tertiary/aromatic N) is 1. The molecule has 1 saturated carbocycles. The molecule has 2 aliphatic rings. The smallest absolute Gasteiger partial charge is 0.119 e. The van der Waals surface area contributed by atoms with Crippen molar-refractivity contribution in [3.63, 3.8) is 0 Å². The van der Waals surface area contributed by atoms with Gasteiger partial charge in [0.25, 0.3) is 0 Å². The highest BCUT2D eigenvalue weighted by Gasteiger charge is 2.60. The largest absolute Gasteiger partial charge is 0.494 e. The average Bonchev–Trinajstić information content (AvgIpc) is 3.51. The van der Waals surface area contributed by atoms with Crippen molar-refractivity contribution in [3.05, 3.63) is 64.7 Å². The third kappa shape index (κ3) is 3.75. The lowest BCUT2D eigenvalue weighted by atomic mass is 9.88. The molecule has 2 fully saturated rings. The topological polar surface area (TPSA) is 103 Å². The fraction of sp³-hybridized carbons (Fsp3) is 0.435. The van der Waals surface area contributed by atoms with Crippen molar-refractivity contribution in [2.75, 3.05) is 6.61 Å². The van der Waals surface area contributed by atoms with Gasteiger partial charge in [0.2, 0.25) is 0 Å². The molecular formula is C23H25NO5. The highest BCUT2D eigenvalue weighted by atomic mass is 16.6. The van der Waals surface area contributed by atoms with Gasteiger partial charge in [-0.1, -0.05) is 24.3 Å². The molecule has 4 rings (SSSR count). The third-order valence-electron chi connectivity index (χ3n) is 5.83. The Morgan fingerprint density at radius 2 is 1.83 bits per heavy atom. The number of hydrogen-bond acceptors (Lipinski definition) is 6. The molecule has 1 aliphatic heterocycles. The van der Waals surface area contributed by atoms with Crippen LogP contribution < -0.4 is 4.74 Å². The zero-order valence-corrected chi connectivity index (χ0v) is 16.3. The normalized spacial score (nSPS) is 27.4. The fourth-order valence-electron chi connectivity index (χ4n) is 4.01. The van der Waals surface area contributed by atoms with Crippen molar-refractivity contribution in [2.24, 2.45) is 0 Å². The van der Waals surface area contributed by atoms with Crippen molar-refractivity contribution in [1.29, 1.82) is 5.26 Å². The van der Waals surface area contributed by atoms with Crippen molar-refractivity contribution in [1.82, 2.24) is 0 Å². The molecule has 29 heavy (non-hydrogen) atoms. The zero-order valence-electron chi connectivity index (χ0n) is 16.3. The van der Waals surface area contributed by atoms with E-state index in [0.29, 0.717) is 37.0 Å². The van der Waals surface area contributed by atoms with Gasteiger partial charge in [0.1, 0.15) is 30.2 Å². The Balaban J connectivity index is 1.61. The van der Waals surface area contributed by atoms with Crippen LogP contribution in [-0.2, 0) is 11.2 Å². The minimum atomic E-state index is -1.26. The Morgan fingerprint density at radius 3 is 2.45 bits per heavy atom. The monoisotopic (exact) mass is 395 g/mol. The molecule has 1 saturated heterocycles. The van der Waals surface area contributed by atoms with E-state index in [2.05, 4.69) is 6.07 Å². The van der Waals surface area contributed by atoms with Gasteiger partial charge in [-0.25, -0.2) is 0 Å². The summed E-state index contributed by atoms with van der Waals surface area (Å²) in [6.45, 7) is 2.54. The Labute approximate surface area is 169 Å². The first kappa shape index (κ1) is 19.9. The molecule has 0 bridgehead atoms.